The van der Waals surface area contributed by atoms with Crippen molar-refractivity contribution in [2.75, 3.05) is 26.2 Å². The van der Waals surface area contributed by atoms with Crippen LogP contribution in [0.4, 0.5) is 13.2 Å². The zero-order valence-electron chi connectivity index (χ0n) is 13.3. The maximum absolute atomic E-state index is 12.8. The Hall–Kier alpha value is -0.460. The minimum atomic E-state index is -4.42. The number of rotatable bonds is 4. The highest BCUT2D eigenvalue weighted by atomic mass is 35.5. The van der Waals surface area contributed by atoms with Gasteiger partial charge in [-0.3, -0.25) is 4.90 Å². The molecule has 1 saturated heterocycles. The van der Waals surface area contributed by atoms with E-state index in [-0.39, 0.29) is 35.9 Å². The summed E-state index contributed by atoms with van der Waals surface area (Å²) in [6.45, 7) is 9.34. The summed E-state index contributed by atoms with van der Waals surface area (Å²) in [6.07, 6.45) is -3.71. The van der Waals surface area contributed by atoms with Crippen molar-refractivity contribution in [2.24, 2.45) is 0 Å². The highest BCUT2D eigenvalue weighted by Gasteiger charge is 2.33. The van der Waals surface area contributed by atoms with Crippen LogP contribution in [0.1, 0.15) is 30.5 Å². The molecule has 0 amide bonds. The van der Waals surface area contributed by atoms with Gasteiger partial charge in [0.1, 0.15) is 0 Å². The first-order valence-corrected chi connectivity index (χ1v) is 7.62. The fourth-order valence-electron chi connectivity index (χ4n) is 2.75. The zero-order chi connectivity index (χ0) is 16.3. The number of nitrogens with one attached hydrogen (secondary N) is 1. The van der Waals surface area contributed by atoms with Gasteiger partial charge in [0.05, 0.1) is 10.6 Å². The Balaban J connectivity index is 0.00000264. The van der Waals surface area contributed by atoms with Crippen LogP contribution in [0, 0.1) is 0 Å². The first-order chi connectivity index (χ1) is 10.3. The smallest absolute Gasteiger partial charge is 0.314 e. The van der Waals surface area contributed by atoms with Gasteiger partial charge in [-0.2, -0.15) is 13.2 Å². The monoisotopic (exact) mass is 404 g/mol. The standard InChI is InChI=1S/C16H20ClF3N2.2ClH/c1-11(2)9-15(22-7-5-21-6-8-22)12-3-4-13(14(17)10-12)16(18,19)20;;/h3-4,10,15,21H,1,5-9H2,2H3;2*1H/t15-;;/m0../s1. The second-order valence-electron chi connectivity index (χ2n) is 5.70. The number of benzene rings is 1. The van der Waals surface area contributed by atoms with Gasteiger partial charge >= 0.3 is 6.18 Å². The molecule has 138 valence electrons. The highest BCUT2D eigenvalue weighted by molar-refractivity contribution is 6.31. The van der Waals surface area contributed by atoms with Crippen LogP contribution < -0.4 is 5.32 Å². The average molecular weight is 406 g/mol. The molecule has 0 aliphatic carbocycles. The molecule has 1 heterocycles. The van der Waals surface area contributed by atoms with E-state index in [4.69, 9.17) is 11.6 Å². The molecule has 1 N–H and O–H groups in total. The van der Waals surface area contributed by atoms with Crippen LogP contribution in [0.3, 0.4) is 0 Å². The predicted molar refractivity (Wildman–Crippen MR) is 97.6 cm³/mol. The summed E-state index contributed by atoms with van der Waals surface area (Å²) in [5.74, 6) is 0. The lowest BCUT2D eigenvalue weighted by Crippen LogP contribution is -2.45. The van der Waals surface area contributed by atoms with Crippen molar-refractivity contribution in [1.82, 2.24) is 10.2 Å². The molecule has 0 bridgehead atoms. The van der Waals surface area contributed by atoms with E-state index in [1.54, 1.807) is 0 Å². The van der Waals surface area contributed by atoms with E-state index in [0.717, 1.165) is 43.4 Å². The first kappa shape index (κ1) is 23.5. The quantitative estimate of drug-likeness (QED) is 0.700. The molecule has 0 saturated carbocycles. The third-order valence-corrected chi connectivity index (χ3v) is 4.13. The molecule has 1 aliphatic heterocycles. The minimum absolute atomic E-state index is 0. The third kappa shape index (κ3) is 6.12. The summed E-state index contributed by atoms with van der Waals surface area (Å²) < 4.78 is 38.5. The third-order valence-electron chi connectivity index (χ3n) is 3.82. The van der Waals surface area contributed by atoms with Gasteiger partial charge in [0.2, 0.25) is 0 Å². The van der Waals surface area contributed by atoms with Crippen molar-refractivity contribution < 1.29 is 13.2 Å². The van der Waals surface area contributed by atoms with E-state index in [0.29, 0.717) is 6.42 Å². The summed E-state index contributed by atoms with van der Waals surface area (Å²) in [5, 5.41) is 3.03. The molecule has 1 fully saturated rings. The second-order valence-corrected chi connectivity index (χ2v) is 6.11. The first-order valence-electron chi connectivity index (χ1n) is 7.25. The summed E-state index contributed by atoms with van der Waals surface area (Å²) in [7, 11) is 0. The molecule has 1 atom stereocenters. The van der Waals surface area contributed by atoms with Crippen molar-refractivity contribution in [3.63, 3.8) is 0 Å². The number of piperazine rings is 1. The molecule has 24 heavy (non-hydrogen) atoms. The van der Waals surface area contributed by atoms with Crippen LogP contribution in [0.5, 0.6) is 0 Å². The van der Waals surface area contributed by atoms with Crippen molar-refractivity contribution >= 4 is 36.4 Å². The van der Waals surface area contributed by atoms with Crippen molar-refractivity contribution in [1.29, 1.82) is 0 Å². The molecule has 1 aromatic rings. The molecule has 0 unspecified atom stereocenters. The van der Waals surface area contributed by atoms with Crippen molar-refractivity contribution in [2.45, 2.75) is 25.6 Å². The van der Waals surface area contributed by atoms with Gasteiger partial charge in [-0.05, 0) is 31.0 Å². The van der Waals surface area contributed by atoms with E-state index in [1.165, 1.54) is 12.1 Å². The van der Waals surface area contributed by atoms with Gasteiger partial charge in [0, 0.05) is 32.2 Å². The van der Waals surface area contributed by atoms with E-state index in [2.05, 4.69) is 16.8 Å². The minimum Gasteiger partial charge on any atom is -0.314 e. The van der Waals surface area contributed by atoms with E-state index >= 15 is 0 Å². The Morgan fingerprint density at radius 1 is 1.29 bits per heavy atom. The normalized spacial score (nSPS) is 16.7. The maximum atomic E-state index is 12.8. The largest absolute Gasteiger partial charge is 0.417 e. The van der Waals surface area contributed by atoms with Gasteiger partial charge < -0.3 is 5.32 Å². The zero-order valence-corrected chi connectivity index (χ0v) is 15.7. The van der Waals surface area contributed by atoms with Crippen molar-refractivity contribution in [3.8, 4) is 0 Å². The molecule has 2 rings (SSSR count). The molecular weight excluding hydrogens is 384 g/mol. The van der Waals surface area contributed by atoms with Gasteiger partial charge in [0.25, 0.3) is 0 Å². The highest BCUT2D eigenvalue weighted by Crippen LogP contribution is 2.37. The molecule has 2 nitrogen and oxygen atoms in total. The maximum Gasteiger partial charge on any atom is 0.417 e. The Labute approximate surface area is 158 Å². The van der Waals surface area contributed by atoms with E-state index in [1.807, 2.05) is 6.92 Å². The van der Waals surface area contributed by atoms with Crippen LogP contribution in [-0.4, -0.2) is 31.1 Å². The number of hydrogen-bond donors (Lipinski definition) is 1. The van der Waals surface area contributed by atoms with E-state index < -0.39 is 11.7 Å². The average Bonchev–Trinajstić information content (AvgIpc) is 2.44. The van der Waals surface area contributed by atoms with Crippen LogP contribution in [-0.2, 0) is 6.18 Å². The van der Waals surface area contributed by atoms with Gasteiger partial charge in [-0.1, -0.05) is 23.2 Å². The lowest BCUT2D eigenvalue weighted by Gasteiger charge is -2.35. The Morgan fingerprint density at radius 2 is 1.88 bits per heavy atom. The SMILES string of the molecule is C=C(C)C[C@@H](c1ccc(C(F)(F)F)c(Cl)c1)N1CCNCC1.Cl.Cl. The second kappa shape index (κ2) is 9.88. The van der Waals surface area contributed by atoms with Crippen LogP contribution in [0.2, 0.25) is 5.02 Å². The fraction of sp³-hybridized carbons (Fsp3) is 0.500. The summed E-state index contributed by atoms with van der Waals surface area (Å²) in [6, 6.07) is 4.06. The molecule has 8 heteroatoms. The van der Waals surface area contributed by atoms with E-state index in [9.17, 15) is 13.2 Å². The summed E-state index contributed by atoms with van der Waals surface area (Å²) >= 11 is 5.86. The number of halogens is 6. The van der Waals surface area contributed by atoms with Crippen LogP contribution >= 0.6 is 36.4 Å². The number of alkyl halides is 3. The van der Waals surface area contributed by atoms with Gasteiger partial charge in [-0.15, -0.1) is 31.4 Å². The summed E-state index contributed by atoms with van der Waals surface area (Å²) in [4.78, 5) is 2.27. The lowest BCUT2D eigenvalue weighted by molar-refractivity contribution is -0.137. The van der Waals surface area contributed by atoms with Crippen LogP contribution in [0.25, 0.3) is 0 Å². The lowest BCUT2D eigenvalue weighted by atomic mass is 9.97. The molecular formula is C16H22Cl3F3N2. The Morgan fingerprint density at radius 3 is 2.33 bits per heavy atom. The van der Waals surface area contributed by atoms with Crippen LogP contribution in [0.15, 0.2) is 30.4 Å². The topological polar surface area (TPSA) is 15.3 Å². The Bertz CT molecular complexity index is 544. The molecule has 0 spiro atoms. The number of nitrogens with zero attached hydrogens (tertiary/aromatic N) is 1. The fourth-order valence-corrected chi connectivity index (χ4v) is 3.05. The van der Waals surface area contributed by atoms with Gasteiger partial charge in [0.15, 0.2) is 0 Å². The Kier molecular flexibility index (Phi) is 9.69. The molecule has 1 aromatic carbocycles. The number of hydrogen-bond acceptors (Lipinski definition) is 2. The molecule has 0 aromatic heterocycles. The van der Waals surface area contributed by atoms with Crippen molar-refractivity contribution in [3.05, 3.63) is 46.5 Å². The molecule has 1 aliphatic rings. The van der Waals surface area contributed by atoms with Gasteiger partial charge in [-0.25, -0.2) is 0 Å². The predicted octanol–water partition coefficient (Wildman–Crippen LogP) is 5.11. The molecule has 0 radical (unpaired) electrons. The summed E-state index contributed by atoms with van der Waals surface area (Å²) in [5.41, 5.74) is 1.02.